The van der Waals surface area contributed by atoms with E-state index >= 15 is 0 Å². The van der Waals surface area contributed by atoms with Crippen molar-refractivity contribution >= 4 is 5.69 Å². The first-order valence-corrected chi connectivity index (χ1v) is 10.7. The van der Waals surface area contributed by atoms with Gasteiger partial charge in [0.1, 0.15) is 12.2 Å². The van der Waals surface area contributed by atoms with Crippen molar-refractivity contribution in [2.45, 2.75) is 38.8 Å². The zero-order valence-corrected chi connectivity index (χ0v) is 17.0. The molecular weight excluding hydrogens is 376 g/mol. The van der Waals surface area contributed by atoms with Crippen LogP contribution < -0.4 is 10.5 Å². The number of hydrogen-bond donors (Lipinski definition) is 1. The van der Waals surface area contributed by atoms with Gasteiger partial charge in [-0.25, -0.2) is 15.0 Å². The maximum absolute atomic E-state index is 12.7. The molecule has 154 valence electrons. The maximum Gasteiger partial charge on any atom is 0.255 e. The van der Waals surface area contributed by atoms with Gasteiger partial charge in [-0.3, -0.25) is 9.69 Å². The van der Waals surface area contributed by atoms with Crippen LogP contribution in [0, 0.1) is 0 Å². The lowest BCUT2D eigenvalue weighted by atomic mass is 10.1. The SMILES string of the molecule is O=c1[nH]c(-c2cncnc2)nc2c1CN(Cc1ccc(N3CCCCC3)cc1)CC2. The van der Waals surface area contributed by atoms with Crippen molar-refractivity contribution in [3.05, 3.63) is 70.2 Å². The Kier molecular flexibility index (Phi) is 5.27. The van der Waals surface area contributed by atoms with Crippen LogP contribution in [0.1, 0.15) is 36.1 Å². The molecule has 0 unspecified atom stereocenters. The Bertz CT molecular complexity index is 1060. The number of rotatable bonds is 4. The number of nitrogens with one attached hydrogen (secondary N) is 1. The molecule has 0 bridgehead atoms. The number of aromatic nitrogens is 4. The summed E-state index contributed by atoms with van der Waals surface area (Å²) in [6.45, 7) is 4.68. The number of aromatic amines is 1. The van der Waals surface area contributed by atoms with E-state index in [4.69, 9.17) is 0 Å². The molecule has 2 aliphatic heterocycles. The summed E-state index contributed by atoms with van der Waals surface area (Å²) >= 11 is 0. The summed E-state index contributed by atoms with van der Waals surface area (Å²) in [6.07, 6.45) is 9.50. The largest absolute Gasteiger partial charge is 0.372 e. The molecule has 1 saturated heterocycles. The van der Waals surface area contributed by atoms with Crippen LogP contribution in [0.15, 0.2) is 47.8 Å². The lowest BCUT2D eigenvalue weighted by Gasteiger charge is -2.30. The highest BCUT2D eigenvalue weighted by Gasteiger charge is 2.22. The first-order chi connectivity index (χ1) is 14.8. The number of hydrogen-bond acceptors (Lipinski definition) is 6. The molecule has 7 nitrogen and oxygen atoms in total. The van der Waals surface area contributed by atoms with E-state index in [2.05, 4.69) is 54.0 Å². The quantitative estimate of drug-likeness (QED) is 0.723. The van der Waals surface area contributed by atoms with Gasteiger partial charge in [-0.1, -0.05) is 12.1 Å². The monoisotopic (exact) mass is 402 g/mol. The Morgan fingerprint density at radius 2 is 1.73 bits per heavy atom. The third kappa shape index (κ3) is 3.98. The van der Waals surface area contributed by atoms with Gasteiger partial charge >= 0.3 is 0 Å². The molecule has 2 aliphatic rings. The van der Waals surface area contributed by atoms with E-state index in [0.29, 0.717) is 12.4 Å². The molecule has 1 fully saturated rings. The molecule has 0 atom stereocenters. The molecule has 5 rings (SSSR count). The average molecular weight is 403 g/mol. The summed E-state index contributed by atoms with van der Waals surface area (Å²) in [6, 6.07) is 8.92. The van der Waals surface area contributed by atoms with E-state index in [1.807, 2.05) is 0 Å². The van der Waals surface area contributed by atoms with Gasteiger partial charge in [-0.15, -0.1) is 0 Å². The van der Waals surface area contributed by atoms with Gasteiger partial charge in [-0.2, -0.15) is 0 Å². The molecule has 30 heavy (non-hydrogen) atoms. The number of H-pyrrole nitrogens is 1. The Morgan fingerprint density at radius 3 is 2.50 bits per heavy atom. The van der Waals surface area contributed by atoms with Crippen LogP contribution in [-0.4, -0.2) is 44.5 Å². The third-order valence-corrected chi connectivity index (χ3v) is 6.05. The Labute approximate surface area is 175 Å². The molecule has 0 aliphatic carbocycles. The molecule has 0 saturated carbocycles. The number of fused-ring (bicyclic) bond motifs is 1. The summed E-state index contributed by atoms with van der Waals surface area (Å²) in [5.41, 5.74) is 4.92. The van der Waals surface area contributed by atoms with Crippen molar-refractivity contribution in [3.8, 4) is 11.4 Å². The van der Waals surface area contributed by atoms with Crippen LogP contribution >= 0.6 is 0 Å². The van der Waals surface area contributed by atoms with Gasteiger partial charge < -0.3 is 9.88 Å². The highest BCUT2D eigenvalue weighted by atomic mass is 16.1. The van der Waals surface area contributed by atoms with Crippen molar-refractivity contribution in [3.63, 3.8) is 0 Å². The van der Waals surface area contributed by atoms with Crippen molar-refractivity contribution in [2.24, 2.45) is 0 Å². The van der Waals surface area contributed by atoms with Crippen LogP contribution in [-0.2, 0) is 19.5 Å². The van der Waals surface area contributed by atoms with Crippen molar-refractivity contribution in [1.29, 1.82) is 0 Å². The van der Waals surface area contributed by atoms with E-state index in [-0.39, 0.29) is 5.56 Å². The fraction of sp³-hybridized carbons (Fsp3) is 0.391. The average Bonchev–Trinajstić information content (AvgIpc) is 2.81. The van der Waals surface area contributed by atoms with Crippen molar-refractivity contribution in [2.75, 3.05) is 24.5 Å². The molecule has 0 amide bonds. The van der Waals surface area contributed by atoms with E-state index < -0.39 is 0 Å². The zero-order valence-electron chi connectivity index (χ0n) is 17.0. The zero-order chi connectivity index (χ0) is 20.3. The van der Waals surface area contributed by atoms with Gasteiger partial charge in [0.05, 0.1) is 16.8 Å². The predicted octanol–water partition coefficient (Wildman–Crippen LogP) is 2.78. The number of anilines is 1. The highest BCUT2D eigenvalue weighted by molar-refractivity contribution is 5.52. The molecule has 4 heterocycles. The number of piperidine rings is 1. The Morgan fingerprint density at radius 1 is 0.967 bits per heavy atom. The second kappa shape index (κ2) is 8.36. The molecule has 1 aromatic carbocycles. The summed E-state index contributed by atoms with van der Waals surface area (Å²) < 4.78 is 0. The van der Waals surface area contributed by atoms with Crippen molar-refractivity contribution in [1.82, 2.24) is 24.8 Å². The molecule has 7 heteroatoms. The van der Waals surface area contributed by atoms with Crippen LogP contribution in [0.3, 0.4) is 0 Å². The number of nitrogens with zero attached hydrogens (tertiary/aromatic N) is 5. The third-order valence-electron chi connectivity index (χ3n) is 6.05. The second-order valence-corrected chi connectivity index (χ2v) is 8.14. The van der Waals surface area contributed by atoms with E-state index in [1.54, 1.807) is 12.4 Å². The van der Waals surface area contributed by atoms with Crippen LogP contribution in [0.2, 0.25) is 0 Å². The van der Waals surface area contributed by atoms with Gasteiger partial charge in [-0.05, 0) is 37.0 Å². The Hall–Kier alpha value is -3.06. The molecule has 1 N–H and O–H groups in total. The maximum atomic E-state index is 12.7. The van der Waals surface area contributed by atoms with Gasteiger partial charge in [0.2, 0.25) is 0 Å². The number of benzene rings is 1. The summed E-state index contributed by atoms with van der Waals surface area (Å²) in [7, 11) is 0. The minimum absolute atomic E-state index is 0.0657. The van der Waals surface area contributed by atoms with Crippen LogP contribution in [0.25, 0.3) is 11.4 Å². The minimum Gasteiger partial charge on any atom is -0.372 e. The lowest BCUT2D eigenvalue weighted by Crippen LogP contribution is -2.35. The predicted molar refractivity (Wildman–Crippen MR) is 116 cm³/mol. The molecule has 2 aromatic heterocycles. The minimum atomic E-state index is -0.0657. The molecular formula is C23H26N6O. The fourth-order valence-electron chi connectivity index (χ4n) is 4.40. The normalized spacial score (nSPS) is 17.0. The van der Waals surface area contributed by atoms with E-state index in [9.17, 15) is 4.79 Å². The van der Waals surface area contributed by atoms with Gasteiger partial charge in [0.25, 0.3) is 5.56 Å². The summed E-state index contributed by atoms with van der Waals surface area (Å²) in [5, 5.41) is 0. The topological polar surface area (TPSA) is 78.0 Å². The standard InChI is InChI=1S/C23H26N6O/c30-23-20-15-28(11-8-21(20)26-22(27-23)18-12-24-16-25-13-18)14-17-4-6-19(7-5-17)29-9-2-1-3-10-29/h4-7,12-13,16H,1-3,8-11,14-15H2,(H,26,27,30). The fourth-order valence-corrected chi connectivity index (χ4v) is 4.40. The van der Waals surface area contributed by atoms with Crippen molar-refractivity contribution < 1.29 is 0 Å². The van der Waals surface area contributed by atoms with Gasteiger partial charge in [0.15, 0.2) is 0 Å². The molecule has 0 spiro atoms. The van der Waals surface area contributed by atoms with Crippen LogP contribution in [0.5, 0.6) is 0 Å². The summed E-state index contributed by atoms with van der Waals surface area (Å²) in [4.78, 5) is 33.1. The van der Waals surface area contributed by atoms with Gasteiger partial charge in [0, 0.05) is 57.2 Å². The summed E-state index contributed by atoms with van der Waals surface area (Å²) in [5.74, 6) is 0.543. The van der Waals surface area contributed by atoms with E-state index in [0.717, 1.165) is 49.4 Å². The lowest BCUT2D eigenvalue weighted by molar-refractivity contribution is 0.242. The highest BCUT2D eigenvalue weighted by Crippen LogP contribution is 2.22. The van der Waals surface area contributed by atoms with Crippen LogP contribution in [0.4, 0.5) is 5.69 Å². The second-order valence-electron chi connectivity index (χ2n) is 8.14. The first kappa shape index (κ1) is 18.9. The first-order valence-electron chi connectivity index (χ1n) is 10.7. The Balaban J connectivity index is 1.28. The molecule has 0 radical (unpaired) electrons. The molecule has 3 aromatic rings. The smallest absolute Gasteiger partial charge is 0.255 e. The van der Waals surface area contributed by atoms with E-state index in [1.165, 1.54) is 36.8 Å².